The highest BCUT2D eigenvalue weighted by Gasteiger charge is 2.51. The quantitative estimate of drug-likeness (QED) is 0.794. The first-order chi connectivity index (χ1) is 9.89. The lowest BCUT2D eigenvalue weighted by Crippen LogP contribution is -2.41. The molecule has 0 aliphatic carbocycles. The Morgan fingerprint density at radius 2 is 1.67 bits per heavy atom. The van der Waals surface area contributed by atoms with Gasteiger partial charge in [0, 0.05) is 11.8 Å². The van der Waals surface area contributed by atoms with Gasteiger partial charge in [-0.1, -0.05) is 24.3 Å². The molecule has 0 saturated carbocycles. The van der Waals surface area contributed by atoms with Gasteiger partial charge >= 0.3 is 7.12 Å². The average molecular weight is 282 g/mol. The van der Waals surface area contributed by atoms with Crippen molar-refractivity contribution in [2.24, 2.45) is 0 Å². The van der Waals surface area contributed by atoms with Crippen LogP contribution < -0.4 is 5.46 Å². The molecule has 0 amide bonds. The second kappa shape index (κ2) is 4.93. The standard InChI is InChI=1S/C16H19BN2O2/c1-15(2)16(3,4)21-17(20-15)13-8-5-7-12(11-13)14-9-6-10-18-19-14/h5-11H,1-4H3. The van der Waals surface area contributed by atoms with Crippen molar-refractivity contribution in [2.75, 3.05) is 0 Å². The molecule has 1 saturated heterocycles. The third kappa shape index (κ3) is 2.59. The lowest BCUT2D eigenvalue weighted by Gasteiger charge is -2.32. The van der Waals surface area contributed by atoms with E-state index in [1.807, 2.05) is 36.4 Å². The van der Waals surface area contributed by atoms with E-state index in [9.17, 15) is 0 Å². The third-order valence-corrected chi connectivity index (χ3v) is 4.28. The van der Waals surface area contributed by atoms with E-state index in [1.54, 1.807) is 6.20 Å². The van der Waals surface area contributed by atoms with Gasteiger partial charge in [-0.3, -0.25) is 0 Å². The molecule has 21 heavy (non-hydrogen) atoms. The second-order valence-corrected chi connectivity index (χ2v) is 6.32. The first kappa shape index (κ1) is 14.2. The monoisotopic (exact) mass is 282 g/mol. The van der Waals surface area contributed by atoms with Crippen molar-refractivity contribution in [1.29, 1.82) is 0 Å². The van der Waals surface area contributed by atoms with E-state index in [1.165, 1.54) is 0 Å². The molecule has 1 aliphatic heterocycles. The van der Waals surface area contributed by atoms with Crippen LogP contribution in [-0.4, -0.2) is 28.5 Å². The van der Waals surface area contributed by atoms with Crippen LogP contribution in [0.1, 0.15) is 27.7 Å². The average Bonchev–Trinajstić information content (AvgIpc) is 2.69. The van der Waals surface area contributed by atoms with E-state index < -0.39 is 0 Å². The van der Waals surface area contributed by atoms with Crippen LogP contribution in [0.3, 0.4) is 0 Å². The Kier molecular flexibility index (Phi) is 3.34. The van der Waals surface area contributed by atoms with Crippen LogP contribution >= 0.6 is 0 Å². The molecule has 1 aliphatic rings. The van der Waals surface area contributed by atoms with Crippen LogP contribution in [-0.2, 0) is 9.31 Å². The molecule has 0 N–H and O–H groups in total. The summed E-state index contributed by atoms with van der Waals surface area (Å²) in [5, 5.41) is 8.06. The van der Waals surface area contributed by atoms with Crippen molar-refractivity contribution in [3.8, 4) is 11.3 Å². The van der Waals surface area contributed by atoms with Crippen LogP contribution in [0.4, 0.5) is 0 Å². The minimum Gasteiger partial charge on any atom is -0.399 e. The molecule has 4 nitrogen and oxygen atoms in total. The molecule has 1 aromatic heterocycles. The summed E-state index contributed by atoms with van der Waals surface area (Å²) in [5.74, 6) is 0. The molecule has 1 aromatic carbocycles. The van der Waals surface area contributed by atoms with Gasteiger partial charge in [0.25, 0.3) is 0 Å². The fraction of sp³-hybridized carbons (Fsp3) is 0.375. The Labute approximate surface area is 125 Å². The van der Waals surface area contributed by atoms with Crippen LogP contribution in [0.25, 0.3) is 11.3 Å². The summed E-state index contributed by atoms with van der Waals surface area (Å²) in [7, 11) is -0.355. The Hall–Kier alpha value is -1.72. The highest BCUT2D eigenvalue weighted by Crippen LogP contribution is 2.36. The number of nitrogens with zero attached hydrogens (tertiary/aromatic N) is 2. The summed E-state index contributed by atoms with van der Waals surface area (Å²) < 4.78 is 12.2. The van der Waals surface area contributed by atoms with Gasteiger partial charge < -0.3 is 9.31 Å². The molecular formula is C16H19BN2O2. The summed E-state index contributed by atoms with van der Waals surface area (Å²) in [4.78, 5) is 0. The summed E-state index contributed by atoms with van der Waals surface area (Å²) >= 11 is 0. The number of hydrogen-bond donors (Lipinski definition) is 0. The smallest absolute Gasteiger partial charge is 0.399 e. The van der Waals surface area contributed by atoms with Crippen molar-refractivity contribution in [2.45, 2.75) is 38.9 Å². The minimum atomic E-state index is -0.355. The first-order valence-corrected chi connectivity index (χ1v) is 7.13. The molecule has 108 valence electrons. The number of aromatic nitrogens is 2. The zero-order valence-corrected chi connectivity index (χ0v) is 12.8. The van der Waals surface area contributed by atoms with Crippen LogP contribution in [0.15, 0.2) is 42.6 Å². The Bertz CT molecular complexity index is 628. The number of hydrogen-bond acceptors (Lipinski definition) is 4. The van der Waals surface area contributed by atoms with E-state index in [0.29, 0.717) is 0 Å². The van der Waals surface area contributed by atoms with Crippen molar-refractivity contribution in [3.63, 3.8) is 0 Å². The molecule has 5 heteroatoms. The highest BCUT2D eigenvalue weighted by atomic mass is 16.7. The van der Waals surface area contributed by atoms with Crippen molar-refractivity contribution >= 4 is 12.6 Å². The maximum absolute atomic E-state index is 6.08. The van der Waals surface area contributed by atoms with E-state index >= 15 is 0 Å². The highest BCUT2D eigenvalue weighted by molar-refractivity contribution is 6.62. The summed E-state index contributed by atoms with van der Waals surface area (Å²) in [6.45, 7) is 8.22. The van der Waals surface area contributed by atoms with Crippen LogP contribution in [0, 0.1) is 0 Å². The molecule has 0 atom stereocenters. The third-order valence-electron chi connectivity index (χ3n) is 4.28. The molecule has 0 radical (unpaired) electrons. The number of rotatable bonds is 2. The zero-order valence-electron chi connectivity index (χ0n) is 12.8. The van der Waals surface area contributed by atoms with Gasteiger partial charge in [0.2, 0.25) is 0 Å². The molecule has 0 spiro atoms. The maximum Gasteiger partial charge on any atom is 0.494 e. The minimum absolute atomic E-state index is 0.333. The van der Waals surface area contributed by atoms with E-state index in [0.717, 1.165) is 16.7 Å². The molecule has 1 fully saturated rings. The summed E-state index contributed by atoms with van der Waals surface area (Å²) in [6, 6.07) is 11.9. The largest absolute Gasteiger partial charge is 0.494 e. The zero-order chi connectivity index (χ0) is 15.1. The van der Waals surface area contributed by atoms with E-state index in [-0.39, 0.29) is 18.3 Å². The topological polar surface area (TPSA) is 44.2 Å². The van der Waals surface area contributed by atoms with Gasteiger partial charge in [-0.2, -0.15) is 10.2 Å². The van der Waals surface area contributed by atoms with Crippen LogP contribution in [0.5, 0.6) is 0 Å². The SMILES string of the molecule is CC1(C)OB(c2cccc(-c3cccnn3)c2)OC1(C)C. The fourth-order valence-electron chi connectivity index (χ4n) is 2.28. The van der Waals surface area contributed by atoms with Gasteiger partial charge in [0.1, 0.15) is 0 Å². The molecule has 0 bridgehead atoms. The van der Waals surface area contributed by atoms with Crippen molar-refractivity contribution in [3.05, 3.63) is 42.6 Å². The van der Waals surface area contributed by atoms with Gasteiger partial charge in [-0.15, -0.1) is 0 Å². The second-order valence-electron chi connectivity index (χ2n) is 6.32. The normalized spacial score (nSPS) is 19.7. The Balaban J connectivity index is 1.92. The molecule has 2 aromatic rings. The number of benzene rings is 1. The summed E-state index contributed by atoms with van der Waals surface area (Å²) in [6.07, 6.45) is 1.67. The fourth-order valence-corrected chi connectivity index (χ4v) is 2.28. The van der Waals surface area contributed by atoms with Crippen molar-refractivity contribution in [1.82, 2.24) is 10.2 Å². The predicted molar refractivity (Wildman–Crippen MR) is 83.2 cm³/mol. The Morgan fingerprint density at radius 1 is 0.952 bits per heavy atom. The summed E-state index contributed by atoms with van der Waals surface area (Å²) in [5.41, 5.74) is 2.18. The van der Waals surface area contributed by atoms with Crippen LogP contribution in [0.2, 0.25) is 0 Å². The molecular weight excluding hydrogens is 263 g/mol. The van der Waals surface area contributed by atoms with Gasteiger partial charge in [0.15, 0.2) is 0 Å². The Morgan fingerprint density at radius 3 is 2.29 bits per heavy atom. The maximum atomic E-state index is 6.08. The molecule has 3 rings (SSSR count). The van der Waals surface area contributed by atoms with E-state index in [4.69, 9.17) is 9.31 Å². The lowest BCUT2D eigenvalue weighted by atomic mass is 9.78. The molecule has 2 heterocycles. The predicted octanol–water partition coefficient (Wildman–Crippen LogP) is 2.44. The van der Waals surface area contributed by atoms with Gasteiger partial charge in [0.05, 0.1) is 16.9 Å². The van der Waals surface area contributed by atoms with Gasteiger partial charge in [-0.25, -0.2) is 0 Å². The van der Waals surface area contributed by atoms with Crippen molar-refractivity contribution < 1.29 is 9.31 Å². The van der Waals surface area contributed by atoms with Gasteiger partial charge in [-0.05, 0) is 45.3 Å². The lowest BCUT2D eigenvalue weighted by molar-refractivity contribution is 0.00578. The first-order valence-electron chi connectivity index (χ1n) is 7.13. The molecule has 0 unspecified atom stereocenters. The van der Waals surface area contributed by atoms with E-state index in [2.05, 4.69) is 37.9 Å².